The van der Waals surface area contributed by atoms with Gasteiger partial charge in [-0.15, -0.1) is 0 Å². The van der Waals surface area contributed by atoms with Gasteiger partial charge in [-0.3, -0.25) is 0 Å². The largest absolute Gasteiger partial charge is 0.465 e. The summed E-state index contributed by atoms with van der Waals surface area (Å²) in [5.41, 5.74) is 0.891. The third-order valence-corrected chi connectivity index (χ3v) is 12.5. The molecule has 1 aromatic heterocycles. The number of furan rings is 1. The molecule has 1 unspecified atom stereocenters. The number of unbranched alkanes of at least 4 members (excludes halogenated alkanes) is 2. The van der Waals surface area contributed by atoms with Crippen molar-refractivity contribution in [2.24, 2.45) is 0 Å². The minimum atomic E-state index is -1.51. The van der Waals surface area contributed by atoms with Crippen molar-refractivity contribution in [2.45, 2.75) is 110 Å². The number of carbonyl (C=O) groups is 1. The molecule has 3 nitrogen and oxygen atoms in total. The molecule has 0 aliphatic carbocycles. The van der Waals surface area contributed by atoms with E-state index in [1.165, 1.54) is 43.8 Å². The second kappa shape index (κ2) is 10.5. The Balaban J connectivity index is 3.45. The maximum absolute atomic E-state index is 12.6. The third-order valence-electron chi connectivity index (χ3n) is 6.22. The highest BCUT2D eigenvalue weighted by Crippen LogP contribution is 2.42. The Bertz CT molecular complexity index is 571. The van der Waals surface area contributed by atoms with Crippen molar-refractivity contribution in [2.75, 3.05) is 6.61 Å². The standard InChI is InChI=1S/C23H42O3Si/c1-9-14-15-16-20(27(11-3,12-4)13-5)19-17-18(22(24)25-10-2)21(26-19)23(6,7)8/h17,20H,9-16H2,1-8H3. The molecule has 0 N–H and O–H groups in total. The molecule has 0 spiro atoms. The van der Waals surface area contributed by atoms with Crippen molar-refractivity contribution in [3.8, 4) is 0 Å². The van der Waals surface area contributed by atoms with E-state index in [-0.39, 0.29) is 11.4 Å². The molecular formula is C23H42O3Si. The van der Waals surface area contributed by atoms with Gasteiger partial charge in [0.1, 0.15) is 17.1 Å². The van der Waals surface area contributed by atoms with Crippen LogP contribution in [0.15, 0.2) is 10.5 Å². The lowest BCUT2D eigenvalue weighted by Gasteiger charge is -2.36. The fourth-order valence-electron chi connectivity index (χ4n) is 4.34. The van der Waals surface area contributed by atoms with Crippen LogP contribution >= 0.6 is 0 Å². The molecule has 27 heavy (non-hydrogen) atoms. The van der Waals surface area contributed by atoms with E-state index in [0.717, 1.165) is 11.5 Å². The number of hydrogen-bond donors (Lipinski definition) is 0. The van der Waals surface area contributed by atoms with Crippen molar-refractivity contribution in [3.05, 3.63) is 23.2 Å². The van der Waals surface area contributed by atoms with Crippen molar-refractivity contribution in [1.82, 2.24) is 0 Å². The number of ether oxygens (including phenoxy) is 1. The molecule has 0 radical (unpaired) electrons. The molecule has 0 aliphatic heterocycles. The Kier molecular flexibility index (Phi) is 9.33. The first-order valence-corrected chi connectivity index (χ1v) is 13.7. The van der Waals surface area contributed by atoms with Crippen LogP contribution in [0.1, 0.15) is 108 Å². The lowest BCUT2D eigenvalue weighted by Crippen LogP contribution is -2.39. The molecule has 0 bridgehead atoms. The summed E-state index contributed by atoms with van der Waals surface area (Å²) < 4.78 is 11.8. The average molecular weight is 395 g/mol. The normalized spacial score (nSPS) is 13.6. The zero-order valence-corrected chi connectivity index (χ0v) is 20.0. The first kappa shape index (κ1) is 24.0. The van der Waals surface area contributed by atoms with Gasteiger partial charge in [0.2, 0.25) is 0 Å². The monoisotopic (exact) mass is 394 g/mol. The molecule has 1 rings (SSSR count). The Morgan fingerprint density at radius 3 is 2.11 bits per heavy atom. The maximum atomic E-state index is 12.6. The second-order valence-electron chi connectivity index (χ2n) is 8.83. The second-order valence-corrected chi connectivity index (χ2v) is 14.4. The van der Waals surface area contributed by atoms with E-state index in [9.17, 15) is 4.79 Å². The van der Waals surface area contributed by atoms with Gasteiger partial charge in [0.15, 0.2) is 0 Å². The highest BCUT2D eigenvalue weighted by molar-refractivity contribution is 6.80. The Morgan fingerprint density at radius 1 is 1.07 bits per heavy atom. The minimum Gasteiger partial charge on any atom is -0.465 e. The zero-order chi connectivity index (χ0) is 20.7. The number of rotatable bonds is 11. The van der Waals surface area contributed by atoms with E-state index < -0.39 is 8.07 Å². The highest BCUT2D eigenvalue weighted by Gasteiger charge is 2.40. The summed E-state index contributed by atoms with van der Waals surface area (Å²) in [5.74, 6) is 1.57. The summed E-state index contributed by atoms with van der Waals surface area (Å²) in [6.07, 6.45) is 4.89. The van der Waals surface area contributed by atoms with E-state index >= 15 is 0 Å². The smallest absolute Gasteiger partial charge is 0.341 e. The first-order valence-electron chi connectivity index (χ1n) is 11.0. The molecular weight excluding hydrogens is 352 g/mol. The topological polar surface area (TPSA) is 39.4 Å². The van der Waals surface area contributed by atoms with E-state index in [2.05, 4.69) is 48.5 Å². The van der Waals surface area contributed by atoms with Gasteiger partial charge in [-0.1, -0.05) is 85.9 Å². The Morgan fingerprint density at radius 2 is 1.67 bits per heavy atom. The summed E-state index contributed by atoms with van der Waals surface area (Å²) in [5, 5.41) is 0. The predicted octanol–water partition coefficient (Wildman–Crippen LogP) is 7.47. The molecule has 0 aliphatic rings. The van der Waals surface area contributed by atoms with Crippen LogP contribution in [0.2, 0.25) is 18.1 Å². The molecule has 0 amide bonds. The van der Waals surface area contributed by atoms with E-state index in [1.807, 2.05) is 13.0 Å². The average Bonchev–Trinajstić information content (AvgIpc) is 3.08. The van der Waals surface area contributed by atoms with E-state index in [0.29, 0.717) is 17.7 Å². The van der Waals surface area contributed by atoms with Crippen LogP contribution in [0.4, 0.5) is 0 Å². The number of hydrogen-bond acceptors (Lipinski definition) is 3. The van der Waals surface area contributed by atoms with Gasteiger partial charge in [0.25, 0.3) is 0 Å². The molecule has 0 saturated carbocycles. The lowest BCUT2D eigenvalue weighted by molar-refractivity contribution is 0.0521. The SMILES string of the molecule is CCCCCC(c1cc(C(=O)OCC)c(C(C)(C)C)o1)[Si](CC)(CC)CC. The highest BCUT2D eigenvalue weighted by atomic mass is 28.3. The van der Waals surface area contributed by atoms with Gasteiger partial charge < -0.3 is 9.15 Å². The van der Waals surface area contributed by atoms with Crippen LogP contribution in [0, 0.1) is 0 Å². The minimum absolute atomic E-state index is 0.219. The van der Waals surface area contributed by atoms with Gasteiger partial charge in [-0.25, -0.2) is 4.79 Å². The fourth-order valence-corrected chi connectivity index (χ4v) is 8.88. The Labute approximate surface area is 168 Å². The lowest BCUT2D eigenvalue weighted by atomic mass is 9.90. The quantitative estimate of drug-likeness (QED) is 0.222. The van der Waals surface area contributed by atoms with Crippen molar-refractivity contribution < 1.29 is 13.9 Å². The summed E-state index contributed by atoms with van der Waals surface area (Å²) in [6.45, 7) is 17.9. The van der Waals surface area contributed by atoms with Gasteiger partial charge in [0.05, 0.1) is 14.7 Å². The summed E-state index contributed by atoms with van der Waals surface area (Å²) in [6, 6.07) is 5.81. The van der Waals surface area contributed by atoms with Crippen LogP contribution in [0.3, 0.4) is 0 Å². The van der Waals surface area contributed by atoms with Crippen LogP contribution in [-0.2, 0) is 10.2 Å². The predicted molar refractivity (Wildman–Crippen MR) is 117 cm³/mol. The van der Waals surface area contributed by atoms with Gasteiger partial charge in [0, 0.05) is 11.0 Å². The van der Waals surface area contributed by atoms with Crippen molar-refractivity contribution in [1.29, 1.82) is 0 Å². The number of carbonyl (C=O) groups excluding carboxylic acids is 1. The van der Waals surface area contributed by atoms with Crippen molar-refractivity contribution >= 4 is 14.0 Å². The van der Waals surface area contributed by atoms with Crippen LogP contribution in [0.25, 0.3) is 0 Å². The van der Waals surface area contributed by atoms with E-state index in [4.69, 9.17) is 9.15 Å². The molecule has 0 aromatic carbocycles. The summed E-state index contributed by atoms with van der Waals surface area (Å²) >= 11 is 0. The van der Waals surface area contributed by atoms with Gasteiger partial charge in [-0.2, -0.15) is 0 Å². The molecule has 156 valence electrons. The van der Waals surface area contributed by atoms with Crippen LogP contribution < -0.4 is 0 Å². The Hall–Kier alpha value is -1.03. The molecule has 0 fully saturated rings. The first-order chi connectivity index (χ1) is 12.7. The molecule has 1 heterocycles. The van der Waals surface area contributed by atoms with Gasteiger partial charge >= 0.3 is 5.97 Å². The van der Waals surface area contributed by atoms with Gasteiger partial charge in [-0.05, 0) is 19.4 Å². The van der Waals surface area contributed by atoms with E-state index in [1.54, 1.807) is 0 Å². The molecule has 1 atom stereocenters. The molecule has 4 heteroatoms. The molecule has 0 saturated heterocycles. The van der Waals surface area contributed by atoms with Crippen LogP contribution in [-0.4, -0.2) is 20.7 Å². The molecule has 1 aromatic rings. The fraction of sp³-hybridized carbons (Fsp3) is 0.783. The summed E-state index contributed by atoms with van der Waals surface area (Å²) in [7, 11) is -1.51. The summed E-state index contributed by atoms with van der Waals surface area (Å²) in [4.78, 5) is 12.6. The number of esters is 1. The zero-order valence-electron chi connectivity index (χ0n) is 19.0. The third kappa shape index (κ3) is 5.72. The maximum Gasteiger partial charge on any atom is 0.341 e. The van der Waals surface area contributed by atoms with Crippen LogP contribution in [0.5, 0.6) is 0 Å². The van der Waals surface area contributed by atoms with Crippen molar-refractivity contribution in [3.63, 3.8) is 0 Å².